The molecule has 40 heavy (non-hydrogen) atoms. The lowest BCUT2D eigenvalue weighted by molar-refractivity contribution is 0.427. The average molecular weight is 516 g/mol. The molecule has 194 valence electrons. The van der Waals surface area contributed by atoms with E-state index in [1.807, 2.05) is 0 Å². The van der Waals surface area contributed by atoms with E-state index in [0.29, 0.717) is 5.92 Å². The van der Waals surface area contributed by atoms with Crippen molar-refractivity contribution in [3.05, 3.63) is 144 Å². The van der Waals surface area contributed by atoms with Gasteiger partial charge < -0.3 is 0 Å². The van der Waals surface area contributed by atoms with Crippen molar-refractivity contribution in [3.63, 3.8) is 0 Å². The molecule has 1 heterocycles. The minimum Gasteiger partial charge on any atom is -0.276 e. The number of benzene rings is 5. The van der Waals surface area contributed by atoms with Gasteiger partial charge in [0.1, 0.15) is 0 Å². The van der Waals surface area contributed by atoms with E-state index in [-0.39, 0.29) is 6.04 Å². The maximum absolute atomic E-state index is 5.37. The van der Waals surface area contributed by atoms with E-state index in [1.54, 1.807) is 0 Å². The molecule has 0 N–H and O–H groups in total. The molecule has 2 aliphatic rings. The number of hydrogen-bond acceptors (Lipinski definition) is 1. The Morgan fingerprint density at radius 2 is 1.30 bits per heavy atom. The summed E-state index contributed by atoms with van der Waals surface area (Å²) in [7, 11) is 0. The average Bonchev–Trinajstić information content (AvgIpc) is 3.41. The van der Waals surface area contributed by atoms with Crippen molar-refractivity contribution in [1.29, 1.82) is 0 Å². The van der Waals surface area contributed by atoms with E-state index in [2.05, 4.69) is 140 Å². The number of aliphatic imine (C=N–C) groups is 1. The zero-order valence-corrected chi connectivity index (χ0v) is 22.9. The minimum atomic E-state index is 0.170. The van der Waals surface area contributed by atoms with Crippen LogP contribution in [0.25, 0.3) is 44.8 Å². The summed E-state index contributed by atoms with van der Waals surface area (Å²) in [6.45, 7) is 2.28. The van der Waals surface area contributed by atoms with Crippen molar-refractivity contribution >= 4 is 39.4 Å². The van der Waals surface area contributed by atoms with Gasteiger partial charge in [0.2, 0.25) is 0 Å². The lowest BCUT2D eigenvalue weighted by Crippen LogP contribution is -2.10. The first-order valence-corrected chi connectivity index (χ1v) is 14.5. The number of fused-ring (bicyclic) bond motifs is 6. The SMILES string of the molecule is CCC1CC=CC(c2cccc(-c3ccc4c(c3)c3c(c5ccccc54)C=CCC=C3)c2)=NC1c1ccccc1. The van der Waals surface area contributed by atoms with E-state index in [0.717, 1.165) is 25.0 Å². The monoisotopic (exact) mass is 515 g/mol. The first kappa shape index (κ1) is 24.5. The van der Waals surface area contributed by atoms with Gasteiger partial charge in [-0.3, -0.25) is 4.99 Å². The first-order valence-electron chi connectivity index (χ1n) is 14.5. The van der Waals surface area contributed by atoms with Gasteiger partial charge in [0.05, 0.1) is 11.8 Å². The molecule has 0 saturated carbocycles. The van der Waals surface area contributed by atoms with Gasteiger partial charge in [-0.15, -0.1) is 0 Å². The quantitative estimate of drug-likeness (QED) is 0.211. The van der Waals surface area contributed by atoms with Gasteiger partial charge in [-0.1, -0.05) is 129 Å². The van der Waals surface area contributed by atoms with E-state index in [1.165, 1.54) is 54.9 Å². The minimum absolute atomic E-state index is 0.170. The fourth-order valence-electron chi connectivity index (χ4n) is 6.43. The highest BCUT2D eigenvalue weighted by molar-refractivity contribution is 6.16. The number of nitrogens with zero attached hydrogens (tertiary/aromatic N) is 1. The third-order valence-electron chi connectivity index (χ3n) is 8.54. The molecule has 0 amide bonds. The maximum atomic E-state index is 5.37. The Hall–Kier alpha value is -4.49. The van der Waals surface area contributed by atoms with Crippen LogP contribution in [0.2, 0.25) is 0 Å². The highest BCUT2D eigenvalue weighted by Crippen LogP contribution is 2.38. The number of allylic oxidation sites excluding steroid dienone is 4. The molecule has 0 bridgehead atoms. The molecule has 0 saturated heterocycles. The zero-order valence-electron chi connectivity index (χ0n) is 22.9. The first-order chi connectivity index (χ1) is 19.8. The predicted molar refractivity (Wildman–Crippen MR) is 173 cm³/mol. The fraction of sp³-hybridized carbons (Fsp3) is 0.154. The fourth-order valence-corrected chi connectivity index (χ4v) is 6.43. The van der Waals surface area contributed by atoms with Crippen LogP contribution in [0.15, 0.2) is 126 Å². The van der Waals surface area contributed by atoms with E-state index in [4.69, 9.17) is 4.99 Å². The van der Waals surface area contributed by atoms with E-state index < -0.39 is 0 Å². The summed E-state index contributed by atoms with van der Waals surface area (Å²) < 4.78 is 0. The number of rotatable bonds is 4. The third-order valence-corrected chi connectivity index (χ3v) is 8.54. The lowest BCUT2D eigenvalue weighted by Gasteiger charge is -2.22. The Bertz CT molecular complexity index is 1830. The second-order valence-corrected chi connectivity index (χ2v) is 10.9. The molecule has 5 aromatic carbocycles. The van der Waals surface area contributed by atoms with Gasteiger partial charge in [0.25, 0.3) is 0 Å². The molecule has 1 heteroatoms. The molecule has 0 spiro atoms. The second kappa shape index (κ2) is 10.6. The van der Waals surface area contributed by atoms with E-state index in [9.17, 15) is 0 Å². The molecule has 2 unspecified atom stereocenters. The zero-order chi connectivity index (χ0) is 26.9. The van der Waals surface area contributed by atoms with Crippen LogP contribution in [0.3, 0.4) is 0 Å². The van der Waals surface area contributed by atoms with Crippen LogP contribution in [0.4, 0.5) is 0 Å². The van der Waals surface area contributed by atoms with E-state index >= 15 is 0 Å². The van der Waals surface area contributed by atoms with Crippen LogP contribution >= 0.6 is 0 Å². The van der Waals surface area contributed by atoms with Crippen molar-refractivity contribution in [1.82, 2.24) is 0 Å². The molecular formula is C39H33N. The van der Waals surface area contributed by atoms with Crippen LogP contribution in [-0.4, -0.2) is 5.71 Å². The standard InChI is InChI=1S/C39H33N/c1-2-27-15-12-22-38(40-39(27)28-13-5-3-6-14-28)31-17-11-16-29(25-31)30-23-24-36-34-21-10-9-20-32(34)33-18-7-4-8-19-35(33)37(36)26-30/h3,5-14,16-27,39H,2,4,15H2,1H3. The predicted octanol–water partition coefficient (Wildman–Crippen LogP) is 10.6. The van der Waals surface area contributed by atoms with Gasteiger partial charge >= 0.3 is 0 Å². The molecule has 1 aliphatic carbocycles. The Labute approximate surface area is 236 Å². The summed E-state index contributed by atoms with van der Waals surface area (Å²) in [6.07, 6.45) is 16.8. The van der Waals surface area contributed by atoms with Crippen LogP contribution in [0, 0.1) is 5.92 Å². The van der Waals surface area contributed by atoms with Crippen LogP contribution in [0.1, 0.15) is 54.5 Å². The molecule has 0 aromatic heterocycles. The third kappa shape index (κ3) is 4.42. The van der Waals surface area contributed by atoms with Crippen LogP contribution in [0.5, 0.6) is 0 Å². The van der Waals surface area contributed by atoms with Crippen LogP contribution in [-0.2, 0) is 0 Å². The summed E-state index contributed by atoms with van der Waals surface area (Å²) in [6, 6.07) is 35.7. The largest absolute Gasteiger partial charge is 0.276 e. The number of hydrogen-bond donors (Lipinski definition) is 0. The molecule has 2 atom stereocenters. The molecule has 0 fully saturated rings. The summed E-state index contributed by atoms with van der Waals surface area (Å²) in [4.78, 5) is 5.37. The van der Waals surface area contributed by atoms with Gasteiger partial charge in [-0.25, -0.2) is 0 Å². The van der Waals surface area contributed by atoms with Crippen molar-refractivity contribution in [3.8, 4) is 11.1 Å². The summed E-state index contributed by atoms with van der Waals surface area (Å²) in [5.41, 5.74) is 8.63. The normalized spacial score (nSPS) is 18.4. The molecule has 1 aliphatic heterocycles. The summed E-state index contributed by atoms with van der Waals surface area (Å²) >= 11 is 0. The Morgan fingerprint density at radius 3 is 2.12 bits per heavy atom. The molecular weight excluding hydrogens is 482 g/mol. The highest BCUT2D eigenvalue weighted by atomic mass is 14.8. The molecule has 7 rings (SSSR count). The van der Waals surface area contributed by atoms with Crippen molar-refractivity contribution in [2.75, 3.05) is 0 Å². The van der Waals surface area contributed by atoms with Gasteiger partial charge in [-0.2, -0.15) is 0 Å². The van der Waals surface area contributed by atoms with Crippen molar-refractivity contribution < 1.29 is 0 Å². The second-order valence-electron chi connectivity index (χ2n) is 10.9. The highest BCUT2D eigenvalue weighted by Gasteiger charge is 2.23. The van der Waals surface area contributed by atoms with Gasteiger partial charge in [-0.05, 0) is 86.3 Å². The smallest absolute Gasteiger partial charge is 0.0787 e. The Kier molecular flexibility index (Phi) is 6.49. The lowest BCUT2D eigenvalue weighted by atomic mass is 9.89. The summed E-state index contributed by atoms with van der Waals surface area (Å²) in [5.74, 6) is 0.506. The van der Waals surface area contributed by atoms with Crippen LogP contribution < -0.4 is 0 Å². The van der Waals surface area contributed by atoms with Gasteiger partial charge in [0.15, 0.2) is 0 Å². The van der Waals surface area contributed by atoms with Crippen molar-refractivity contribution in [2.45, 2.75) is 32.2 Å². The van der Waals surface area contributed by atoms with Gasteiger partial charge in [0, 0.05) is 5.56 Å². The molecule has 5 aromatic rings. The molecule has 0 radical (unpaired) electrons. The topological polar surface area (TPSA) is 12.4 Å². The van der Waals surface area contributed by atoms with Crippen molar-refractivity contribution in [2.24, 2.45) is 10.9 Å². The molecule has 1 nitrogen and oxygen atoms in total. The Morgan fingerprint density at radius 1 is 0.600 bits per heavy atom. The summed E-state index contributed by atoms with van der Waals surface area (Å²) in [5, 5.41) is 5.24. The Balaban J connectivity index is 1.35. The maximum Gasteiger partial charge on any atom is 0.0787 e.